The van der Waals surface area contributed by atoms with Crippen molar-refractivity contribution in [2.24, 2.45) is 0 Å². The van der Waals surface area contributed by atoms with Gasteiger partial charge in [-0.15, -0.1) is 0 Å². The number of carbonyl (C=O) groups excluding carboxylic acids is 1. The minimum Gasteiger partial charge on any atom is -0.322 e. The lowest BCUT2D eigenvalue weighted by Crippen LogP contribution is -2.33. The fourth-order valence-electron chi connectivity index (χ4n) is 1.97. The molecule has 2 aromatic carbocycles. The summed E-state index contributed by atoms with van der Waals surface area (Å²) in [6.45, 7) is 3.59. The topological polar surface area (TPSA) is 66.5 Å². The molecule has 0 fully saturated rings. The van der Waals surface area contributed by atoms with Crippen LogP contribution in [0, 0.1) is 0 Å². The molecular weight excluding hydrogens is 312 g/mol. The molecule has 0 unspecified atom stereocenters. The second-order valence-corrected chi connectivity index (χ2v) is 7.46. The molecular formula is C17H20N2O3S. The standard InChI is InChI=1S/C17H20N2O3S/c1-13(2)19(3)23(21,22)16-11-7-8-14(12-16)17(20)18-15-9-5-4-6-10-15/h4-13H,1-3H3,(H,18,20). The number of nitrogens with one attached hydrogen (secondary N) is 1. The van der Waals surface area contributed by atoms with Gasteiger partial charge < -0.3 is 5.32 Å². The van der Waals surface area contributed by atoms with Gasteiger partial charge in [0.25, 0.3) is 5.91 Å². The molecule has 0 aliphatic carbocycles. The fourth-order valence-corrected chi connectivity index (χ4v) is 3.38. The molecule has 1 amide bonds. The van der Waals surface area contributed by atoms with Gasteiger partial charge in [-0.05, 0) is 44.2 Å². The summed E-state index contributed by atoms with van der Waals surface area (Å²) in [4.78, 5) is 12.4. The van der Waals surface area contributed by atoms with E-state index >= 15 is 0 Å². The van der Waals surface area contributed by atoms with Crippen LogP contribution in [0.15, 0.2) is 59.5 Å². The molecule has 23 heavy (non-hydrogen) atoms. The minimum atomic E-state index is -3.61. The highest BCUT2D eigenvalue weighted by molar-refractivity contribution is 7.89. The van der Waals surface area contributed by atoms with Crippen LogP contribution in [0.5, 0.6) is 0 Å². The molecule has 0 aromatic heterocycles. The first-order valence-electron chi connectivity index (χ1n) is 7.27. The molecule has 6 heteroatoms. The number of para-hydroxylation sites is 1. The number of benzene rings is 2. The van der Waals surface area contributed by atoms with Gasteiger partial charge in [0.1, 0.15) is 0 Å². The molecule has 0 heterocycles. The predicted octanol–water partition coefficient (Wildman–Crippen LogP) is 2.97. The highest BCUT2D eigenvalue weighted by Gasteiger charge is 2.23. The number of amides is 1. The number of hydrogen-bond donors (Lipinski definition) is 1. The molecule has 0 aliphatic rings. The third-order valence-electron chi connectivity index (χ3n) is 3.53. The second kappa shape index (κ2) is 6.93. The van der Waals surface area contributed by atoms with E-state index in [1.54, 1.807) is 38.1 Å². The number of sulfonamides is 1. The molecule has 5 nitrogen and oxygen atoms in total. The van der Waals surface area contributed by atoms with E-state index in [9.17, 15) is 13.2 Å². The van der Waals surface area contributed by atoms with Crippen molar-refractivity contribution < 1.29 is 13.2 Å². The number of carbonyl (C=O) groups is 1. The average Bonchev–Trinajstić information content (AvgIpc) is 2.55. The Morgan fingerprint density at radius 2 is 1.70 bits per heavy atom. The third kappa shape index (κ3) is 3.97. The normalized spacial score (nSPS) is 11.7. The summed E-state index contributed by atoms with van der Waals surface area (Å²) in [6.07, 6.45) is 0. The summed E-state index contributed by atoms with van der Waals surface area (Å²) in [5, 5.41) is 2.74. The van der Waals surface area contributed by atoms with E-state index in [4.69, 9.17) is 0 Å². The van der Waals surface area contributed by atoms with Crippen LogP contribution < -0.4 is 5.32 Å². The first-order valence-corrected chi connectivity index (χ1v) is 8.71. The van der Waals surface area contributed by atoms with Gasteiger partial charge in [0.05, 0.1) is 4.90 Å². The smallest absolute Gasteiger partial charge is 0.255 e. The first-order chi connectivity index (χ1) is 10.8. The zero-order chi connectivity index (χ0) is 17.0. The highest BCUT2D eigenvalue weighted by Crippen LogP contribution is 2.18. The zero-order valence-corrected chi connectivity index (χ0v) is 14.2. The average molecular weight is 332 g/mol. The number of anilines is 1. The summed E-state index contributed by atoms with van der Waals surface area (Å²) < 4.78 is 26.3. The van der Waals surface area contributed by atoms with E-state index in [1.807, 2.05) is 18.2 Å². The molecule has 2 rings (SSSR count). The Morgan fingerprint density at radius 1 is 1.04 bits per heavy atom. The van der Waals surface area contributed by atoms with E-state index in [0.717, 1.165) is 0 Å². The van der Waals surface area contributed by atoms with Crippen LogP contribution in [-0.4, -0.2) is 31.7 Å². The molecule has 2 aromatic rings. The predicted molar refractivity (Wildman–Crippen MR) is 90.9 cm³/mol. The zero-order valence-electron chi connectivity index (χ0n) is 13.4. The molecule has 0 spiro atoms. The Hall–Kier alpha value is -2.18. The molecule has 0 atom stereocenters. The van der Waals surface area contributed by atoms with Crippen LogP contribution in [0.1, 0.15) is 24.2 Å². The summed E-state index contributed by atoms with van der Waals surface area (Å²) in [5.41, 5.74) is 0.956. The fraction of sp³-hybridized carbons (Fsp3) is 0.235. The Kier molecular flexibility index (Phi) is 5.18. The second-order valence-electron chi connectivity index (χ2n) is 5.46. The van der Waals surface area contributed by atoms with Gasteiger partial charge in [-0.2, -0.15) is 4.31 Å². The van der Waals surface area contributed by atoms with Crippen LogP contribution in [0.3, 0.4) is 0 Å². The molecule has 122 valence electrons. The maximum atomic E-state index is 12.5. The van der Waals surface area contributed by atoms with E-state index in [2.05, 4.69) is 5.32 Å². The summed E-state index contributed by atoms with van der Waals surface area (Å²) >= 11 is 0. The van der Waals surface area contributed by atoms with Gasteiger partial charge >= 0.3 is 0 Å². The van der Waals surface area contributed by atoms with Crippen LogP contribution >= 0.6 is 0 Å². The van der Waals surface area contributed by atoms with Crippen molar-refractivity contribution in [2.75, 3.05) is 12.4 Å². The highest BCUT2D eigenvalue weighted by atomic mass is 32.2. The lowest BCUT2D eigenvalue weighted by Gasteiger charge is -2.21. The number of nitrogens with zero attached hydrogens (tertiary/aromatic N) is 1. The van der Waals surface area contributed by atoms with E-state index in [0.29, 0.717) is 11.3 Å². The monoisotopic (exact) mass is 332 g/mol. The summed E-state index contributed by atoms with van der Waals surface area (Å²) in [6, 6.07) is 14.9. The molecule has 0 bridgehead atoms. The SMILES string of the molecule is CC(C)N(C)S(=O)(=O)c1cccc(C(=O)Nc2ccccc2)c1. The maximum absolute atomic E-state index is 12.5. The van der Waals surface area contributed by atoms with Gasteiger partial charge in [-0.1, -0.05) is 24.3 Å². The Bertz CT molecular complexity index is 786. The lowest BCUT2D eigenvalue weighted by atomic mass is 10.2. The van der Waals surface area contributed by atoms with Crippen LogP contribution in [-0.2, 0) is 10.0 Å². The van der Waals surface area contributed by atoms with Gasteiger partial charge in [-0.25, -0.2) is 8.42 Å². The van der Waals surface area contributed by atoms with Crippen molar-refractivity contribution in [1.82, 2.24) is 4.31 Å². The Balaban J connectivity index is 2.28. The minimum absolute atomic E-state index is 0.106. The van der Waals surface area contributed by atoms with Crippen LogP contribution in [0.4, 0.5) is 5.69 Å². The Morgan fingerprint density at radius 3 is 2.30 bits per heavy atom. The summed E-state index contributed by atoms with van der Waals surface area (Å²) in [5.74, 6) is -0.347. The summed E-state index contributed by atoms with van der Waals surface area (Å²) in [7, 11) is -2.09. The van der Waals surface area contributed by atoms with Gasteiger partial charge in [0.2, 0.25) is 10.0 Å². The molecule has 0 radical (unpaired) electrons. The molecule has 0 aliphatic heterocycles. The van der Waals surface area contributed by atoms with Crippen molar-refractivity contribution in [3.63, 3.8) is 0 Å². The van der Waals surface area contributed by atoms with Crippen LogP contribution in [0.2, 0.25) is 0 Å². The quantitative estimate of drug-likeness (QED) is 0.915. The van der Waals surface area contributed by atoms with Gasteiger partial charge in [-0.3, -0.25) is 4.79 Å². The van der Waals surface area contributed by atoms with Crippen LogP contribution in [0.25, 0.3) is 0 Å². The van der Waals surface area contributed by atoms with E-state index in [1.165, 1.54) is 23.5 Å². The lowest BCUT2D eigenvalue weighted by molar-refractivity contribution is 0.102. The van der Waals surface area contributed by atoms with Crippen molar-refractivity contribution in [3.8, 4) is 0 Å². The molecule has 1 N–H and O–H groups in total. The number of rotatable bonds is 5. The maximum Gasteiger partial charge on any atom is 0.255 e. The van der Waals surface area contributed by atoms with Gasteiger partial charge in [0.15, 0.2) is 0 Å². The molecule has 0 saturated carbocycles. The largest absolute Gasteiger partial charge is 0.322 e. The van der Waals surface area contributed by atoms with E-state index in [-0.39, 0.29) is 16.8 Å². The molecule has 0 saturated heterocycles. The van der Waals surface area contributed by atoms with Crippen molar-refractivity contribution >= 4 is 21.6 Å². The number of hydrogen-bond acceptors (Lipinski definition) is 3. The Labute approximate surface area is 137 Å². The van der Waals surface area contributed by atoms with E-state index < -0.39 is 10.0 Å². The van der Waals surface area contributed by atoms with Crippen molar-refractivity contribution in [2.45, 2.75) is 24.8 Å². The van der Waals surface area contributed by atoms with Crippen molar-refractivity contribution in [3.05, 3.63) is 60.2 Å². The van der Waals surface area contributed by atoms with Gasteiger partial charge in [0, 0.05) is 24.3 Å². The third-order valence-corrected chi connectivity index (χ3v) is 5.56. The van der Waals surface area contributed by atoms with Crippen molar-refractivity contribution in [1.29, 1.82) is 0 Å². The first kappa shape index (κ1) is 17.2.